The Balaban J connectivity index is 1.49. The van der Waals surface area contributed by atoms with Crippen molar-refractivity contribution in [3.05, 3.63) is 59.2 Å². The maximum atomic E-state index is 9.49. The van der Waals surface area contributed by atoms with Crippen LogP contribution in [0.25, 0.3) is 0 Å². The van der Waals surface area contributed by atoms with Gasteiger partial charge < -0.3 is 19.3 Å². The zero-order valence-electron chi connectivity index (χ0n) is 19.0. The summed E-state index contributed by atoms with van der Waals surface area (Å²) in [4.78, 5) is 0. The number of hydrogen-bond acceptors (Lipinski definition) is 4. The highest BCUT2D eigenvalue weighted by molar-refractivity contribution is 5.51. The van der Waals surface area contributed by atoms with Crippen LogP contribution in [-0.2, 0) is 14.9 Å². The van der Waals surface area contributed by atoms with Gasteiger partial charge in [-0.2, -0.15) is 0 Å². The lowest BCUT2D eigenvalue weighted by Gasteiger charge is -2.57. The van der Waals surface area contributed by atoms with Crippen molar-refractivity contribution in [2.75, 3.05) is 13.7 Å². The van der Waals surface area contributed by atoms with E-state index in [-0.39, 0.29) is 11.2 Å². The van der Waals surface area contributed by atoms with E-state index < -0.39 is 6.48 Å². The SMILES string of the molecule is CCOC(OC)Oc1cc(C#Cc2ccc(O)cc2)ccc1C12CC3CC(CC(C3)C1)C2. The number of phenolic OH excluding ortho intramolecular Hbond substituents is 1. The van der Waals surface area contributed by atoms with Gasteiger partial charge in [0.1, 0.15) is 11.5 Å². The minimum Gasteiger partial charge on any atom is -0.508 e. The molecule has 1 unspecified atom stereocenters. The van der Waals surface area contributed by atoms with Crippen molar-refractivity contribution >= 4 is 0 Å². The zero-order chi connectivity index (χ0) is 22.1. The molecule has 4 heteroatoms. The fourth-order valence-electron chi connectivity index (χ4n) is 6.66. The second kappa shape index (κ2) is 8.81. The highest BCUT2D eigenvalue weighted by Gasteiger charge is 2.52. The fourth-order valence-corrected chi connectivity index (χ4v) is 6.66. The van der Waals surface area contributed by atoms with E-state index in [4.69, 9.17) is 14.2 Å². The van der Waals surface area contributed by atoms with Crippen molar-refractivity contribution in [3.63, 3.8) is 0 Å². The number of methoxy groups -OCH3 is 1. The Morgan fingerprint density at radius 2 is 1.53 bits per heavy atom. The summed E-state index contributed by atoms with van der Waals surface area (Å²) in [6.07, 6.45) is 8.02. The van der Waals surface area contributed by atoms with Gasteiger partial charge in [0.2, 0.25) is 0 Å². The van der Waals surface area contributed by atoms with Crippen molar-refractivity contribution in [2.24, 2.45) is 17.8 Å². The molecule has 0 aromatic heterocycles. The molecular weight excluding hydrogens is 400 g/mol. The van der Waals surface area contributed by atoms with Gasteiger partial charge in [0.15, 0.2) is 0 Å². The van der Waals surface area contributed by atoms with Crippen LogP contribution in [0.1, 0.15) is 62.1 Å². The van der Waals surface area contributed by atoms with Crippen LogP contribution < -0.4 is 4.74 Å². The summed E-state index contributed by atoms with van der Waals surface area (Å²) in [5.74, 6) is 10.1. The molecule has 168 valence electrons. The summed E-state index contributed by atoms with van der Waals surface area (Å²) in [7, 11) is 1.61. The van der Waals surface area contributed by atoms with Gasteiger partial charge >= 0.3 is 6.48 Å². The summed E-state index contributed by atoms with van der Waals surface area (Å²) < 4.78 is 17.4. The summed E-state index contributed by atoms with van der Waals surface area (Å²) in [5.41, 5.74) is 3.26. The first-order valence-electron chi connectivity index (χ1n) is 11.8. The molecule has 4 bridgehead atoms. The third-order valence-electron chi connectivity index (χ3n) is 7.53. The van der Waals surface area contributed by atoms with Gasteiger partial charge in [-0.1, -0.05) is 17.9 Å². The fraction of sp³-hybridized carbons (Fsp3) is 0.500. The van der Waals surface area contributed by atoms with E-state index in [1.807, 2.05) is 25.1 Å². The smallest absolute Gasteiger partial charge is 0.315 e. The van der Waals surface area contributed by atoms with Crippen molar-refractivity contribution in [1.29, 1.82) is 0 Å². The summed E-state index contributed by atoms with van der Waals surface area (Å²) in [6, 6.07) is 13.4. The highest BCUT2D eigenvalue weighted by atomic mass is 16.8. The minimum atomic E-state index is -0.729. The van der Waals surface area contributed by atoms with Gasteiger partial charge in [0, 0.05) is 23.8 Å². The summed E-state index contributed by atoms with van der Waals surface area (Å²) >= 11 is 0. The molecule has 0 radical (unpaired) electrons. The van der Waals surface area contributed by atoms with E-state index in [1.54, 1.807) is 19.2 Å². The Morgan fingerprint density at radius 1 is 0.938 bits per heavy atom. The first-order valence-corrected chi connectivity index (χ1v) is 11.8. The quantitative estimate of drug-likeness (QED) is 0.476. The molecule has 1 N–H and O–H groups in total. The molecule has 0 heterocycles. The Labute approximate surface area is 190 Å². The summed E-state index contributed by atoms with van der Waals surface area (Å²) in [6.45, 7) is 1.73. The number of benzene rings is 2. The normalized spacial score (nSPS) is 28.8. The minimum absolute atomic E-state index is 0.206. The van der Waals surface area contributed by atoms with E-state index >= 15 is 0 Å². The van der Waals surface area contributed by atoms with Gasteiger partial charge in [-0.15, -0.1) is 0 Å². The molecular formula is C28H32O4. The van der Waals surface area contributed by atoms with Crippen LogP contribution in [0.4, 0.5) is 0 Å². The van der Waals surface area contributed by atoms with Gasteiger partial charge in [0.25, 0.3) is 0 Å². The maximum Gasteiger partial charge on any atom is 0.315 e. The molecule has 6 rings (SSSR count). The molecule has 0 aliphatic heterocycles. The number of hydrogen-bond donors (Lipinski definition) is 1. The third kappa shape index (κ3) is 4.25. The van der Waals surface area contributed by atoms with Crippen LogP contribution >= 0.6 is 0 Å². The number of phenols is 1. The molecule has 0 saturated heterocycles. The van der Waals surface area contributed by atoms with Crippen LogP contribution in [0.2, 0.25) is 0 Å². The second-order valence-electron chi connectivity index (χ2n) is 9.80. The van der Waals surface area contributed by atoms with E-state index in [9.17, 15) is 5.11 Å². The Morgan fingerprint density at radius 3 is 2.12 bits per heavy atom. The third-order valence-corrected chi connectivity index (χ3v) is 7.53. The van der Waals surface area contributed by atoms with E-state index in [2.05, 4.69) is 24.0 Å². The molecule has 0 spiro atoms. The second-order valence-corrected chi connectivity index (χ2v) is 9.80. The number of rotatable bonds is 6. The highest BCUT2D eigenvalue weighted by Crippen LogP contribution is 2.62. The van der Waals surface area contributed by atoms with Crippen LogP contribution in [0.3, 0.4) is 0 Å². The molecule has 2 aromatic carbocycles. The van der Waals surface area contributed by atoms with Crippen molar-refractivity contribution in [3.8, 4) is 23.3 Å². The molecule has 4 fully saturated rings. The largest absolute Gasteiger partial charge is 0.508 e. The average Bonchev–Trinajstić information content (AvgIpc) is 2.77. The first kappa shape index (κ1) is 21.4. The predicted octanol–water partition coefficient (Wildman–Crippen LogP) is 5.61. The standard InChI is InChI=1S/C28H32O4/c1-3-31-27(30-2)32-26-15-20(5-4-19-6-9-24(29)10-7-19)8-11-25(26)28-16-21-12-22(17-28)14-23(13-21)18-28/h6-11,15,21-23,27,29H,3,12-14,16-18H2,1-2H3. The van der Waals surface area contributed by atoms with Crippen molar-refractivity contribution < 1.29 is 19.3 Å². The van der Waals surface area contributed by atoms with Gasteiger partial charge in [-0.25, -0.2) is 0 Å². The van der Waals surface area contributed by atoms with Crippen LogP contribution in [0.15, 0.2) is 42.5 Å². The lowest BCUT2D eigenvalue weighted by Crippen LogP contribution is -2.48. The van der Waals surface area contributed by atoms with Crippen LogP contribution in [-0.4, -0.2) is 25.3 Å². The van der Waals surface area contributed by atoms with E-state index in [0.29, 0.717) is 6.61 Å². The molecule has 1 atom stereocenters. The maximum absolute atomic E-state index is 9.49. The van der Waals surface area contributed by atoms with E-state index in [1.165, 1.54) is 44.1 Å². The van der Waals surface area contributed by atoms with Crippen molar-refractivity contribution in [2.45, 2.75) is 57.3 Å². The van der Waals surface area contributed by atoms with Crippen LogP contribution in [0.5, 0.6) is 11.5 Å². The molecule has 4 saturated carbocycles. The molecule has 4 nitrogen and oxygen atoms in total. The predicted molar refractivity (Wildman–Crippen MR) is 123 cm³/mol. The van der Waals surface area contributed by atoms with Crippen LogP contribution in [0, 0.1) is 29.6 Å². The lowest BCUT2D eigenvalue weighted by molar-refractivity contribution is -0.231. The number of aromatic hydroxyl groups is 1. The molecule has 0 amide bonds. The Kier molecular flexibility index (Phi) is 5.88. The van der Waals surface area contributed by atoms with Gasteiger partial charge in [-0.05, 0) is 105 Å². The molecule has 4 aliphatic rings. The molecule has 32 heavy (non-hydrogen) atoms. The van der Waals surface area contributed by atoms with Crippen molar-refractivity contribution in [1.82, 2.24) is 0 Å². The Bertz CT molecular complexity index is 979. The Hall–Kier alpha value is -2.48. The monoisotopic (exact) mass is 432 g/mol. The zero-order valence-corrected chi connectivity index (χ0v) is 19.0. The molecule has 4 aliphatic carbocycles. The lowest BCUT2D eigenvalue weighted by atomic mass is 9.48. The van der Waals surface area contributed by atoms with Gasteiger partial charge in [0.05, 0.1) is 6.61 Å². The average molecular weight is 433 g/mol. The molecule has 2 aromatic rings. The summed E-state index contributed by atoms with van der Waals surface area (Å²) in [5, 5.41) is 9.49. The topological polar surface area (TPSA) is 47.9 Å². The van der Waals surface area contributed by atoms with Gasteiger partial charge in [-0.3, -0.25) is 0 Å². The number of ether oxygens (including phenoxy) is 3. The van der Waals surface area contributed by atoms with E-state index in [0.717, 1.165) is 34.6 Å². The first-order chi connectivity index (χ1) is 15.6.